The third-order valence-electron chi connectivity index (χ3n) is 4.81. The molecule has 2 bridgehead atoms. The van der Waals surface area contributed by atoms with E-state index in [1.165, 1.54) is 0 Å². The highest BCUT2D eigenvalue weighted by Crippen LogP contribution is 2.25. The lowest BCUT2D eigenvalue weighted by Crippen LogP contribution is -2.41. The molecule has 1 aliphatic heterocycles. The molecule has 0 spiro atoms. The zero-order valence-electron chi connectivity index (χ0n) is 17.3. The van der Waals surface area contributed by atoms with Crippen molar-refractivity contribution in [2.45, 2.75) is 70.6 Å². The minimum absolute atomic E-state index is 0.00743. The molecule has 0 saturated carbocycles. The van der Waals surface area contributed by atoms with Crippen LogP contribution in [0.4, 0.5) is 4.79 Å². The number of nitriles is 1. The molecule has 158 valence electrons. The van der Waals surface area contributed by atoms with Crippen LogP contribution < -0.4 is 10.6 Å². The number of amides is 2. The monoisotopic (exact) mass is 511 g/mol. The van der Waals surface area contributed by atoms with Crippen LogP contribution in [-0.4, -0.2) is 28.1 Å². The van der Waals surface area contributed by atoms with Crippen molar-refractivity contribution in [2.24, 2.45) is 5.92 Å². The molecule has 0 aliphatic carbocycles. The van der Waals surface area contributed by atoms with Crippen molar-refractivity contribution in [2.75, 3.05) is 4.43 Å². The topological polar surface area (TPSA) is 91.2 Å². The molecule has 0 aromatic heterocycles. The summed E-state index contributed by atoms with van der Waals surface area (Å²) in [5, 5.41) is 15.2. The van der Waals surface area contributed by atoms with Crippen molar-refractivity contribution in [1.29, 1.82) is 5.26 Å². The number of hydrogen-bond acceptors (Lipinski definition) is 4. The van der Waals surface area contributed by atoms with E-state index in [2.05, 4.69) is 45.4 Å². The van der Waals surface area contributed by atoms with Gasteiger partial charge in [-0.15, -0.1) is 0 Å². The number of fused-ring (bicyclic) bond motifs is 2. The smallest absolute Gasteiger partial charge is 0.408 e. The molecule has 1 aromatic carbocycles. The van der Waals surface area contributed by atoms with E-state index in [9.17, 15) is 9.59 Å². The molecule has 6 nitrogen and oxygen atoms in total. The number of carbonyl (C=O) groups is 2. The second-order valence-corrected chi connectivity index (χ2v) is 9.38. The van der Waals surface area contributed by atoms with Gasteiger partial charge >= 0.3 is 6.09 Å². The molecule has 1 aromatic rings. The number of benzene rings is 1. The summed E-state index contributed by atoms with van der Waals surface area (Å²) < 4.78 is 6.16. The van der Waals surface area contributed by atoms with Crippen LogP contribution in [0.5, 0.6) is 0 Å². The minimum Gasteiger partial charge on any atom is -0.444 e. The lowest BCUT2D eigenvalue weighted by molar-refractivity contribution is -0.125. The summed E-state index contributed by atoms with van der Waals surface area (Å²) in [6, 6.07) is 9.78. The van der Waals surface area contributed by atoms with E-state index in [0.717, 1.165) is 34.8 Å². The average Bonchev–Trinajstić information content (AvgIpc) is 2.62. The molecule has 0 saturated heterocycles. The van der Waals surface area contributed by atoms with Gasteiger partial charge in [0.2, 0.25) is 5.91 Å². The number of nitrogens with one attached hydrogen (secondary N) is 2. The summed E-state index contributed by atoms with van der Waals surface area (Å²) in [6.45, 7) is 5.52. The summed E-state index contributed by atoms with van der Waals surface area (Å²) in [6.07, 6.45) is 2.68. The number of halogens is 1. The highest BCUT2D eigenvalue weighted by Gasteiger charge is 2.25. The van der Waals surface area contributed by atoms with Crippen LogP contribution in [0, 0.1) is 17.2 Å². The molecule has 1 aliphatic rings. The van der Waals surface area contributed by atoms with Gasteiger partial charge < -0.3 is 15.4 Å². The predicted molar refractivity (Wildman–Crippen MR) is 121 cm³/mol. The second-order valence-electron chi connectivity index (χ2n) is 8.50. The molecule has 3 atom stereocenters. The largest absolute Gasteiger partial charge is 0.444 e. The number of hydrogen-bond donors (Lipinski definition) is 2. The van der Waals surface area contributed by atoms with Crippen molar-refractivity contribution in [3.63, 3.8) is 0 Å². The second kappa shape index (κ2) is 10.8. The molecule has 0 radical (unpaired) electrons. The fourth-order valence-electron chi connectivity index (χ4n) is 3.44. The first-order valence-corrected chi connectivity index (χ1v) is 11.6. The Bertz CT molecular complexity index is 754. The van der Waals surface area contributed by atoms with E-state index >= 15 is 0 Å². The van der Waals surface area contributed by atoms with Gasteiger partial charge in [0.25, 0.3) is 0 Å². The maximum atomic E-state index is 12.7. The van der Waals surface area contributed by atoms with Crippen LogP contribution in [-0.2, 0) is 16.0 Å². The van der Waals surface area contributed by atoms with Crippen molar-refractivity contribution in [3.05, 3.63) is 35.4 Å². The summed E-state index contributed by atoms with van der Waals surface area (Å²) >= 11 is 2.24. The molecule has 2 amide bonds. The highest BCUT2D eigenvalue weighted by atomic mass is 127. The maximum Gasteiger partial charge on any atom is 0.408 e. The van der Waals surface area contributed by atoms with Gasteiger partial charge in [0, 0.05) is 16.4 Å². The summed E-state index contributed by atoms with van der Waals surface area (Å²) in [5.41, 5.74) is 1.49. The van der Waals surface area contributed by atoms with Crippen LogP contribution in [0.25, 0.3) is 0 Å². The maximum absolute atomic E-state index is 12.7. The van der Waals surface area contributed by atoms with E-state index in [0.29, 0.717) is 6.42 Å². The molecule has 2 rings (SSSR count). The van der Waals surface area contributed by atoms with Crippen LogP contribution in [0.2, 0.25) is 0 Å². The minimum atomic E-state index is -0.563. The Morgan fingerprint density at radius 3 is 2.79 bits per heavy atom. The summed E-state index contributed by atoms with van der Waals surface area (Å²) in [7, 11) is 0. The van der Waals surface area contributed by atoms with Crippen molar-refractivity contribution in [1.82, 2.24) is 10.6 Å². The van der Waals surface area contributed by atoms with Crippen LogP contribution in [0.1, 0.15) is 63.6 Å². The number of alkyl halides is 1. The summed E-state index contributed by atoms with van der Waals surface area (Å²) in [4.78, 5) is 25.0. The first-order chi connectivity index (χ1) is 13.7. The van der Waals surface area contributed by atoms with Gasteiger partial charge in [-0.2, -0.15) is 5.26 Å². The van der Waals surface area contributed by atoms with Crippen LogP contribution in [0.15, 0.2) is 24.3 Å². The Balaban J connectivity index is 2.28. The van der Waals surface area contributed by atoms with Gasteiger partial charge in [0.1, 0.15) is 5.60 Å². The number of alkyl carbamates (subject to hydrolysis) is 1. The average molecular weight is 511 g/mol. The number of carbonyl (C=O) groups excluding carboxylic acids is 2. The SMILES string of the molecule is CC(C)(C)OC(=O)N[C@H]1CCC[C@@H](CI)C(=O)NC(CC#N)Cc2cccc1c2. The van der Waals surface area contributed by atoms with Crippen molar-refractivity contribution in [3.8, 4) is 6.07 Å². The first-order valence-electron chi connectivity index (χ1n) is 10.0. The van der Waals surface area contributed by atoms with Gasteiger partial charge in [0.15, 0.2) is 0 Å². The third kappa shape index (κ3) is 7.84. The Morgan fingerprint density at radius 1 is 1.38 bits per heavy atom. The Labute approximate surface area is 186 Å². The molecule has 2 N–H and O–H groups in total. The molecular weight excluding hydrogens is 481 g/mol. The van der Waals surface area contributed by atoms with E-state index in [4.69, 9.17) is 10.00 Å². The lowest BCUT2D eigenvalue weighted by atomic mass is 9.92. The fraction of sp³-hybridized carbons (Fsp3) is 0.591. The van der Waals surface area contributed by atoms with Crippen molar-refractivity contribution < 1.29 is 14.3 Å². The molecule has 0 fully saturated rings. The van der Waals surface area contributed by atoms with Gasteiger partial charge in [-0.05, 0) is 51.2 Å². The normalized spacial score (nSPS) is 23.0. The molecule has 1 unspecified atom stereocenters. The molecule has 7 heteroatoms. The van der Waals surface area contributed by atoms with E-state index < -0.39 is 11.7 Å². The number of nitrogens with zero attached hydrogens (tertiary/aromatic N) is 1. The highest BCUT2D eigenvalue weighted by molar-refractivity contribution is 14.1. The number of rotatable bonds is 3. The van der Waals surface area contributed by atoms with Gasteiger partial charge in [0.05, 0.1) is 18.5 Å². The molecular formula is C22H30IN3O3. The zero-order valence-corrected chi connectivity index (χ0v) is 19.5. The third-order valence-corrected chi connectivity index (χ3v) is 5.88. The zero-order chi connectivity index (χ0) is 21.4. The van der Waals surface area contributed by atoms with Gasteiger partial charge in [-0.1, -0.05) is 53.3 Å². The Morgan fingerprint density at radius 2 is 2.14 bits per heavy atom. The lowest BCUT2D eigenvalue weighted by Gasteiger charge is -2.26. The quantitative estimate of drug-likeness (QED) is 0.464. The first kappa shape index (κ1) is 23.5. The Kier molecular flexibility index (Phi) is 8.75. The van der Waals surface area contributed by atoms with Gasteiger partial charge in [-0.3, -0.25) is 4.79 Å². The Hall–Kier alpha value is -1.82. The van der Waals surface area contributed by atoms with Crippen molar-refractivity contribution >= 4 is 34.6 Å². The number of ether oxygens (including phenoxy) is 1. The standard InChI is InChI=1S/C22H30IN3O3/c1-22(2,3)29-21(28)26-19-9-5-8-17(14-23)20(27)25-18(10-11-24)13-15-6-4-7-16(19)12-15/h4,6-7,12,17-19H,5,8-10,13-14H2,1-3H3,(H,25,27)(H,26,28)/t17-,18?,19-/m0/s1. The van der Waals surface area contributed by atoms with Crippen LogP contribution >= 0.6 is 22.6 Å². The van der Waals surface area contributed by atoms with E-state index in [1.54, 1.807) is 0 Å². The van der Waals surface area contributed by atoms with Crippen LogP contribution in [0.3, 0.4) is 0 Å². The van der Waals surface area contributed by atoms with E-state index in [1.807, 2.05) is 39.0 Å². The molecule has 29 heavy (non-hydrogen) atoms. The molecule has 1 heterocycles. The predicted octanol–water partition coefficient (Wildman–Crippen LogP) is 4.43. The van der Waals surface area contributed by atoms with E-state index in [-0.39, 0.29) is 30.3 Å². The summed E-state index contributed by atoms with van der Waals surface area (Å²) in [5.74, 6) is -0.0928. The fourth-order valence-corrected chi connectivity index (χ4v) is 4.28. The van der Waals surface area contributed by atoms with Gasteiger partial charge in [-0.25, -0.2) is 4.79 Å².